The quantitative estimate of drug-likeness (QED) is 0.601. The molecule has 0 radical (unpaired) electrons. The lowest BCUT2D eigenvalue weighted by molar-refractivity contribution is -0.384. The van der Waals surface area contributed by atoms with Crippen LogP contribution < -0.4 is 10.6 Å². The number of nitro benzene ring substituents is 1. The molecular formula is C16H23ClN4O4. The van der Waals surface area contributed by atoms with E-state index in [1.54, 1.807) is 11.8 Å². The molecule has 1 heterocycles. The van der Waals surface area contributed by atoms with Gasteiger partial charge in [-0.1, -0.05) is 6.07 Å². The highest BCUT2D eigenvalue weighted by Crippen LogP contribution is 2.14. The van der Waals surface area contributed by atoms with Gasteiger partial charge < -0.3 is 15.5 Å². The minimum atomic E-state index is -0.678. The van der Waals surface area contributed by atoms with E-state index in [9.17, 15) is 19.7 Å². The number of amides is 2. The largest absolute Gasteiger partial charge is 0.341 e. The van der Waals surface area contributed by atoms with Crippen molar-refractivity contribution in [3.63, 3.8) is 0 Å². The Morgan fingerprint density at radius 2 is 1.96 bits per heavy atom. The van der Waals surface area contributed by atoms with Gasteiger partial charge in [0.05, 0.1) is 4.92 Å². The van der Waals surface area contributed by atoms with Crippen molar-refractivity contribution in [1.82, 2.24) is 15.5 Å². The lowest BCUT2D eigenvalue weighted by atomic mass is 10.0. The average Bonchev–Trinajstić information content (AvgIpc) is 2.61. The molecule has 2 N–H and O–H groups in total. The third-order valence-corrected chi connectivity index (χ3v) is 4.25. The van der Waals surface area contributed by atoms with Crippen molar-refractivity contribution in [2.45, 2.75) is 31.8 Å². The lowest BCUT2D eigenvalue weighted by Crippen LogP contribution is -2.51. The fraction of sp³-hybridized carbons (Fsp3) is 0.500. The van der Waals surface area contributed by atoms with Crippen LogP contribution in [-0.2, 0) is 4.79 Å². The van der Waals surface area contributed by atoms with Crippen LogP contribution in [0, 0.1) is 10.1 Å². The lowest BCUT2D eigenvalue weighted by Gasteiger charge is -2.33. The van der Waals surface area contributed by atoms with Crippen LogP contribution in [0.25, 0.3) is 0 Å². The van der Waals surface area contributed by atoms with Crippen molar-refractivity contribution < 1.29 is 14.5 Å². The number of likely N-dealkylation sites (tertiary alicyclic amines) is 1. The Balaban J connectivity index is 0.00000312. The Bertz CT molecular complexity index is 632. The van der Waals surface area contributed by atoms with Crippen LogP contribution in [0.2, 0.25) is 0 Å². The minimum absolute atomic E-state index is 0. The van der Waals surface area contributed by atoms with Gasteiger partial charge in [-0.25, -0.2) is 0 Å². The molecule has 0 bridgehead atoms. The molecule has 0 aromatic heterocycles. The summed E-state index contributed by atoms with van der Waals surface area (Å²) in [4.78, 5) is 36.6. The van der Waals surface area contributed by atoms with Crippen molar-refractivity contribution in [2.75, 3.05) is 20.1 Å². The van der Waals surface area contributed by atoms with Gasteiger partial charge in [-0.15, -0.1) is 12.4 Å². The Morgan fingerprint density at radius 1 is 1.32 bits per heavy atom. The van der Waals surface area contributed by atoms with Crippen LogP contribution in [0.15, 0.2) is 24.3 Å². The molecular weight excluding hydrogens is 348 g/mol. The highest BCUT2D eigenvalue weighted by Gasteiger charge is 2.26. The van der Waals surface area contributed by atoms with Crippen LogP contribution in [0.1, 0.15) is 30.1 Å². The number of hydrogen-bond acceptors (Lipinski definition) is 5. The second-order valence-electron chi connectivity index (χ2n) is 5.89. The molecule has 1 unspecified atom stereocenters. The SMILES string of the molecule is CNC1CCN(C(=O)C(C)NC(=O)c2cccc([N+](=O)[O-])c2)CC1.Cl. The van der Waals surface area contributed by atoms with Gasteiger partial charge in [0, 0.05) is 36.8 Å². The third-order valence-electron chi connectivity index (χ3n) is 4.25. The smallest absolute Gasteiger partial charge is 0.270 e. The van der Waals surface area contributed by atoms with Gasteiger partial charge >= 0.3 is 0 Å². The first kappa shape index (κ1) is 20.9. The van der Waals surface area contributed by atoms with Gasteiger partial charge in [0.1, 0.15) is 6.04 Å². The normalized spacial score (nSPS) is 15.8. The molecule has 0 spiro atoms. The molecule has 1 aromatic rings. The first-order valence-corrected chi connectivity index (χ1v) is 7.93. The first-order valence-electron chi connectivity index (χ1n) is 7.93. The van der Waals surface area contributed by atoms with Gasteiger partial charge in [-0.05, 0) is 32.9 Å². The minimum Gasteiger partial charge on any atom is -0.341 e. The fourth-order valence-corrected chi connectivity index (χ4v) is 2.76. The van der Waals surface area contributed by atoms with Crippen LogP contribution in [-0.4, -0.2) is 53.9 Å². The van der Waals surface area contributed by atoms with E-state index in [2.05, 4.69) is 10.6 Å². The summed E-state index contributed by atoms with van der Waals surface area (Å²) in [7, 11) is 1.91. The fourth-order valence-electron chi connectivity index (χ4n) is 2.76. The summed E-state index contributed by atoms with van der Waals surface area (Å²) in [5, 5.41) is 16.6. The molecule has 9 heteroatoms. The van der Waals surface area contributed by atoms with E-state index in [0.29, 0.717) is 19.1 Å². The molecule has 25 heavy (non-hydrogen) atoms. The zero-order valence-corrected chi connectivity index (χ0v) is 15.0. The van der Waals surface area contributed by atoms with E-state index in [-0.39, 0.29) is 29.6 Å². The molecule has 0 aliphatic carbocycles. The maximum Gasteiger partial charge on any atom is 0.270 e. The topological polar surface area (TPSA) is 105 Å². The third kappa shape index (κ3) is 5.40. The molecule has 1 aromatic carbocycles. The molecule has 8 nitrogen and oxygen atoms in total. The Kier molecular flexibility index (Phi) is 7.79. The number of piperidine rings is 1. The Morgan fingerprint density at radius 3 is 2.52 bits per heavy atom. The zero-order valence-electron chi connectivity index (χ0n) is 14.2. The van der Waals surface area contributed by atoms with Gasteiger partial charge in [0.2, 0.25) is 5.91 Å². The zero-order chi connectivity index (χ0) is 17.7. The van der Waals surface area contributed by atoms with Gasteiger partial charge in [0.25, 0.3) is 11.6 Å². The summed E-state index contributed by atoms with van der Waals surface area (Å²) in [5.74, 6) is -0.631. The van der Waals surface area contributed by atoms with Gasteiger partial charge in [-0.3, -0.25) is 19.7 Å². The summed E-state index contributed by atoms with van der Waals surface area (Å²) < 4.78 is 0. The molecule has 2 amide bonds. The standard InChI is InChI=1S/C16H22N4O4.ClH/c1-11(16(22)19-8-6-13(17-2)7-9-19)18-15(21)12-4-3-5-14(10-12)20(23)24;/h3-5,10-11,13,17H,6-9H2,1-2H3,(H,18,21);1H. The summed E-state index contributed by atoms with van der Waals surface area (Å²) in [6.07, 6.45) is 1.77. The number of carbonyl (C=O) groups excluding carboxylic acids is 2. The van der Waals surface area contributed by atoms with Crippen LogP contribution >= 0.6 is 12.4 Å². The van der Waals surface area contributed by atoms with E-state index in [1.807, 2.05) is 7.05 Å². The average molecular weight is 371 g/mol. The van der Waals surface area contributed by atoms with Gasteiger partial charge in [0.15, 0.2) is 0 Å². The second-order valence-corrected chi connectivity index (χ2v) is 5.89. The summed E-state index contributed by atoms with van der Waals surface area (Å²) in [5.41, 5.74) is 0.00788. The monoisotopic (exact) mass is 370 g/mol. The molecule has 0 saturated carbocycles. The van der Waals surface area contributed by atoms with Crippen molar-refractivity contribution in [1.29, 1.82) is 0 Å². The Hall–Kier alpha value is -2.19. The molecule has 1 aliphatic heterocycles. The van der Waals surface area contributed by atoms with Crippen molar-refractivity contribution >= 4 is 29.9 Å². The Labute approximate surface area is 152 Å². The molecule has 2 rings (SSSR count). The van der Waals surface area contributed by atoms with Crippen molar-refractivity contribution in [3.05, 3.63) is 39.9 Å². The van der Waals surface area contributed by atoms with Crippen LogP contribution in [0.4, 0.5) is 5.69 Å². The number of nitrogens with one attached hydrogen (secondary N) is 2. The second kappa shape index (κ2) is 9.33. The molecule has 1 saturated heterocycles. The summed E-state index contributed by atoms with van der Waals surface area (Å²) >= 11 is 0. The summed E-state index contributed by atoms with van der Waals surface area (Å²) in [6, 6.07) is 5.19. The van der Waals surface area contributed by atoms with E-state index in [0.717, 1.165) is 12.8 Å². The number of halogens is 1. The molecule has 1 aliphatic rings. The number of nitro groups is 1. The number of carbonyl (C=O) groups is 2. The predicted octanol–water partition coefficient (Wildman–Crippen LogP) is 1.35. The van der Waals surface area contributed by atoms with Crippen molar-refractivity contribution in [2.24, 2.45) is 0 Å². The number of non-ortho nitro benzene ring substituents is 1. The van der Waals surface area contributed by atoms with E-state index < -0.39 is 16.9 Å². The van der Waals surface area contributed by atoms with Crippen LogP contribution in [0.5, 0.6) is 0 Å². The van der Waals surface area contributed by atoms with Crippen molar-refractivity contribution in [3.8, 4) is 0 Å². The number of benzene rings is 1. The van der Waals surface area contributed by atoms with E-state index in [1.165, 1.54) is 24.3 Å². The predicted molar refractivity (Wildman–Crippen MR) is 95.9 cm³/mol. The first-order chi connectivity index (χ1) is 11.4. The number of hydrogen-bond donors (Lipinski definition) is 2. The molecule has 138 valence electrons. The van der Waals surface area contributed by atoms with Gasteiger partial charge in [-0.2, -0.15) is 0 Å². The molecule has 1 fully saturated rings. The maximum absolute atomic E-state index is 12.4. The van der Waals surface area contributed by atoms with E-state index in [4.69, 9.17) is 0 Å². The van der Waals surface area contributed by atoms with E-state index >= 15 is 0 Å². The number of nitrogens with zero attached hydrogens (tertiary/aromatic N) is 2. The van der Waals surface area contributed by atoms with Crippen LogP contribution in [0.3, 0.4) is 0 Å². The highest BCUT2D eigenvalue weighted by atomic mass is 35.5. The molecule has 1 atom stereocenters. The highest BCUT2D eigenvalue weighted by molar-refractivity contribution is 5.97. The number of rotatable bonds is 5. The summed E-state index contributed by atoms with van der Waals surface area (Å²) in [6.45, 7) is 2.93. The maximum atomic E-state index is 12.4.